The Morgan fingerprint density at radius 3 is 2.81 bits per heavy atom. The number of amides is 1. The van der Waals surface area contributed by atoms with Crippen molar-refractivity contribution in [1.29, 1.82) is 0 Å². The molecule has 0 saturated carbocycles. The summed E-state index contributed by atoms with van der Waals surface area (Å²) in [5, 5.41) is 3.34. The Hall–Kier alpha value is -0.910. The van der Waals surface area contributed by atoms with E-state index in [1.807, 2.05) is 32.5 Å². The molecule has 0 fully saturated rings. The molecule has 0 bridgehead atoms. The van der Waals surface area contributed by atoms with Crippen molar-refractivity contribution in [3.8, 4) is 0 Å². The van der Waals surface area contributed by atoms with Crippen LogP contribution in [0.25, 0.3) is 0 Å². The van der Waals surface area contributed by atoms with Gasteiger partial charge in [-0.1, -0.05) is 6.42 Å². The maximum atomic E-state index is 12.0. The molecule has 21 heavy (non-hydrogen) atoms. The number of carbonyl (C=O) groups is 1. The molecule has 0 unspecified atom stereocenters. The molecule has 1 amide bonds. The summed E-state index contributed by atoms with van der Waals surface area (Å²) in [6, 6.07) is 0. The first-order chi connectivity index (χ1) is 9.92. The van der Waals surface area contributed by atoms with Gasteiger partial charge >= 0.3 is 6.09 Å². The summed E-state index contributed by atoms with van der Waals surface area (Å²) < 4.78 is 5.40. The van der Waals surface area contributed by atoms with Crippen molar-refractivity contribution in [2.75, 3.05) is 38.2 Å². The van der Waals surface area contributed by atoms with Crippen molar-refractivity contribution in [3.05, 3.63) is 0 Å². The standard InChI is InChI=1S/C15H29N3O2S/c1-15(2,3)20-14(19)18-10-9-17-13(12-18)16-8-6-5-7-11-21-4/h5-12H2,1-4H3,(H,16,17). The van der Waals surface area contributed by atoms with Gasteiger partial charge in [0.1, 0.15) is 11.4 Å². The minimum absolute atomic E-state index is 0.253. The van der Waals surface area contributed by atoms with E-state index in [0.29, 0.717) is 19.6 Å². The van der Waals surface area contributed by atoms with Crippen LogP contribution in [0.5, 0.6) is 0 Å². The van der Waals surface area contributed by atoms with E-state index in [0.717, 1.165) is 18.8 Å². The fourth-order valence-electron chi connectivity index (χ4n) is 1.99. The molecule has 1 aliphatic heterocycles. The first-order valence-electron chi connectivity index (χ1n) is 7.66. The fourth-order valence-corrected chi connectivity index (χ4v) is 2.48. The predicted octanol–water partition coefficient (Wildman–Crippen LogP) is 2.76. The minimum atomic E-state index is -0.448. The first kappa shape index (κ1) is 18.1. The number of nitrogens with one attached hydrogen (secondary N) is 1. The number of unbranched alkanes of at least 4 members (excludes halogenated alkanes) is 2. The van der Waals surface area contributed by atoms with Crippen LogP contribution in [-0.2, 0) is 4.74 Å². The van der Waals surface area contributed by atoms with Gasteiger partial charge in [-0.05, 0) is 45.6 Å². The van der Waals surface area contributed by atoms with Gasteiger partial charge in [0, 0.05) is 13.1 Å². The van der Waals surface area contributed by atoms with Gasteiger partial charge in [-0.3, -0.25) is 9.89 Å². The van der Waals surface area contributed by atoms with Gasteiger partial charge in [-0.15, -0.1) is 0 Å². The van der Waals surface area contributed by atoms with Gasteiger partial charge in [-0.25, -0.2) is 4.79 Å². The van der Waals surface area contributed by atoms with E-state index in [4.69, 9.17) is 4.74 Å². The zero-order chi connectivity index (χ0) is 15.7. The van der Waals surface area contributed by atoms with E-state index >= 15 is 0 Å². The van der Waals surface area contributed by atoms with Gasteiger partial charge < -0.3 is 10.1 Å². The lowest BCUT2D eigenvalue weighted by atomic mass is 10.2. The molecule has 1 rings (SSSR count). The number of nitrogens with zero attached hydrogens (tertiary/aromatic N) is 2. The molecule has 1 aliphatic rings. The van der Waals surface area contributed by atoms with Crippen molar-refractivity contribution < 1.29 is 9.53 Å². The molecule has 0 aromatic heterocycles. The van der Waals surface area contributed by atoms with Crippen molar-refractivity contribution in [2.24, 2.45) is 4.99 Å². The number of ether oxygens (including phenoxy) is 1. The summed E-state index contributed by atoms with van der Waals surface area (Å²) in [5.41, 5.74) is -0.448. The van der Waals surface area contributed by atoms with Crippen LogP contribution in [0.1, 0.15) is 40.0 Å². The molecule has 0 aromatic rings. The summed E-state index contributed by atoms with van der Waals surface area (Å²) in [6.07, 6.45) is 5.53. The summed E-state index contributed by atoms with van der Waals surface area (Å²) >= 11 is 1.89. The molecule has 1 N–H and O–H groups in total. The third kappa shape index (κ3) is 8.19. The largest absolute Gasteiger partial charge is 0.444 e. The van der Waals surface area contributed by atoms with E-state index < -0.39 is 5.60 Å². The highest BCUT2D eigenvalue weighted by atomic mass is 32.2. The lowest BCUT2D eigenvalue weighted by molar-refractivity contribution is 0.0276. The monoisotopic (exact) mass is 315 g/mol. The van der Waals surface area contributed by atoms with Crippen molar-refractivity contribution in [1.82, 2.24) is 10.2 Å². The Kier molecular flexibility index (Phi) is 7.93. The first-order valence-corrected chi connectivity index (χ1v) is 9.06. The molecule has 0 atom stereocenters. The average molecular weight is 315 g/mol. The van der Waals surface area contributed by atoms with Crippen LogP contribution < -0.4 is 5.32 Å². The maximum absolute atomic E-state index is 12.0. The van der Waals surface area contributed by atoms with Gasteiger partial charge in [-0.2, -0.15) is 11.8 Å². The van der Waals surface area contributed by atoms with Crippen molar-refractivity contribution in [3.63, 3.8) is 0 Å². The number of hydrogen-bond donors (Lipinski definition) is 1. The average Bonchev–Trinajstić information content (AvgIpc) is 2.41. The summed E-state index contributed by atoms with van der Waals surface area (Å²) in [6.45, 7) is 8.39. The number of rotatable bonds is 6. The van der Waals surface area contributed by atoms with Crippen LogP contribution in [0, 0.1) is 0 Å². The third-order valence-electron chi connectivity index (χ3n) is 3.02. The Bertz CT molecular complexity index is 353. The fraction of sp³-hybridized carbons (Fsp3) is 0.867. The minimum Gasteiger partial charge on any atom is -0.444 e. The molecule has 0 aliphatic carbocycles. The van der Waals surface area contributed by atoms with E-state index in [2.05, 4.69) is 16.6 Å². The van der Waals surface area contributed by atoms with Crippen molar-refractivity contribution in [2.45, 2.75) is 45.6 Å². The maximum Gasteiger partial charge on any atom is 0.410 e. The topological polar surface area (TPSA) is 53.9 Å². The van der Waals surface area contributed by atoms with Crippen LogP contribution in [-0.4, -0.2) is 60.6 Å². The summed E-state index contributed by atoms with van der Waals surface area (Å²) in [4.78, 5) is 18.2. The highest BCUT2D eigenvalue weighted by molar-refractivity contribution is 7.98. The Labute approximate surface area is 132 Å². The van der Waals surface area contributed by atoms with Crippen LogP contribution in [0.3, 0.4) is 0 Å². The number of aliphatic imine (C=N–C) groups is 1. The van der Waals surface area contributed by atoms with E-state index in [-0.39, 0.29) is 6.09 Å². The molecular weight excluding hydrogens is 286 g/mol. The quantitative estimate of drug-likeness (QED) is 0.766. The van der Waals surface area contributed by atoms with Gasteiger partial charge in [0.15, 0.2) is 0 Å². The Balaban J connectivity index is 2.25. The number of thioether (sulfide) groups is 1. The molecule has 122 valence electrons. The lowest BCUT2D eigenvalue weighted by Gasteiger charge is -2.29. The van der Waals surface area contributed by atoms with Gasteiger partial charge in [0.25, 0.3) is 0 Å². The van der Waals surface area contributed by atoms with Crippen LogP contribution in [0.4, 0.5) is 4.79 Å². The van der Waals surface area contributed by atoms with Gasteiger partial charge in [0.05, 0.1) is 13.1 Å². The molecule has 5 nitrogen and oxygen atoms in total. The lowest BCUT2D eigenvalue weighted by Crippen LogP contribution is -2.47. The molecule has 0 radical (unpaired) electrons. The van der Waals surface area contributed by atoms with Gasteiger partial charge in [0.2, 0.25) is 0 Å². The molecule has 1 heterocycles. The smallest absolute Gasteiger partial charge is 0.410 e. The molecule has 0 spiro atoms. The SMILES string of the molecule is CSCCCCCNC1=NCCN(C(=O)OC(C)(C)C)C1. The van der Waals surface area contributed by atoms with E-state index in [1.165, 1.54) is 18.6 Å². The normalized spacial score (nSPS) is 15.6. The number of amidine groups is 1. The summed E-state index contributed by atoms with van der Waals surface area (Å²) in [5.74, 6) is 2.13. The molecule has 0 aromatic carbocycles. The Morgan fingerprint density at radius 1 is 1.38 bits per heavy atom. The second-order valence-corrected chi connectivity index (χ2v) is 7.20. The van der Waals surface area contributed by atoms with Crippen molar-refractivity contribution >= 4 is 23.7 Å². The van der Waals surface area contributed by atoms with E-state index in [9.17, 15) is 4.79 Å². The third-order valence-corrected chi connectivity index (χ3v) is 3.72. The van der Waals surface area contributed by atoms with Crippen LogP contribution in [0.15, 0.2) is 4.99 Å². The van der Waals surface area contributed by atoms with Crippen LogP contribution in [0.2, 0.25) is 0 Å². The van der Waals surface area contributed by atoms with E-state index in [1.54, 1.807) is 4.90 Å². The number of hydrogen-bond acceptors (Lipinski definition) is 5. The second-order valence-electron chi connectivity index (χ2n) is 6.21. The number of carbonyl (C=O) groups excluding carboxylic acids is 1. The second kappa shape index (κ2) is 9.18. The van der Waals surface area contributed by atoms with Crippen LogP contribution >= 0.6 is 11.8 Å². The zero-order valence-corrected chi connectivity index (χ0v) is 14.6. The highest BCUT2D eigenvalue weighted by Crippen LogP contribution is 2.11. The zero-order valence-electron chi connectivity index (χ0n) is 13.8. The predicted molar refractivity (Wildman–Crippen MR) is 90.3 cm³/mol. The summed E-state index contributed by atoms with van der Waals surface area (Å²) in [7, 11) is 0. The Morgan fingerprint density at radius 2 is 2.14 bits per heavy atom. The molecular formula is C15H29N3O2S. The molecule has 0 saturated heterocycles. The highest BCUT2D eigenvalue weighted by Gasteiger charge is 2.24. The molecule has 6 heteroatoms.